The Balaban J connectivity index is 2.05. The van der Waals surface area contributed by atoms with Crippen LogP contribution < -0.4 is 65.9 Å². The first-order valence-corrected chi connectivity index (χ1v) is 24.3. The quantitative estimate of drug-likeness (QED) is 0.0321. The lowest BCUT2D eigenvalue weighted by molar-refractivity contribution is -0.141. The van der Waals surface area contributed by atoms with Crippen LogP contribution >= 0.6 is 0 Å². The van der Waals surface area contributed by atoms with Crippen molar-refractivity contribution in [2.24, 2.45) is 44.6 Å². The number of aromatic hydroxyl groups is 1. The summed E-state index contributed by atoms with van der Waals surface area (Å²) in [4.78, 5) is 132. The number of guanidine groups is 2. The number of carbonyl (C=O) groups is 9. The summed E-state index contributed by atoms with van der Waals surface area (Å²) >= 11 is 0. The van der Waals surface area contributed by atoms with Crippen LogP contribution in [0.1, 0.15) is 76.3 Å². The molecule has 26 heteroatoms. The third-order valence-electron chi connectivity index (χ3n) is 11.4. The van der Waals surface area contributed by atoms with Crippen LogP contribution in [-0.2, 0) is 56.0 Å². The molecule has 0 saturated carbocycles. The molecule has 2 aromatic carbocycles. The first-order valence-electron chi connectivity index (χ1n) is 24.3. The predicted molar refractivity (Wildman–Crippen MR) is 273 cm³/mol. The van der Waals surface area contributed by atoms with E-state index < -0.39 is 103 Å². The fourth-order valence-electron chi connectivity index (χ4n) is 7.67. The summed E-state index contributed by atoms with van der Waals surface area (Å²) < 4.78 is 0. The monoisotopic (exact) mass is 1040 g/mol. The molecule has 9 amide bonds. The van der Waals surface area contributed by atoms with Crippen molar-refractivity contribution in [1.29, 1.82) is 0 Å². The van der Waals surface area contributed by atoms with E-state index >= 15 is 0 Å². The summed E-state index contributed by atoms with van der Waals surface area (Å²) in [5.41, 5.74) is 28.5. The molecule has 3 rings (SSSR count). The second-order valence-electron chi connectivity index (χ2n) is 18.1. The number of hydrogen-bond acceptors (Lipinski definition) is 13. The number of benzene rings is 2. The van der Waals surface area contributed by atoms with E-state index in [1.807, 2.05) is 13.8 Å². The van der Waals surface area contributed by atoms with Gasteiger partial charge in [-0.25, -0.2) is 0 Å². The molecule has 1 aliphatic heterocycles. The fourth-order valence-corrected chi connectivity index (χ4v) is 7.67. The molecule has 0 unspecified atom stereocenters. The van der Waals surface area contributed by atoms with E-state index in [0.29, 0.717) is 11.1 Å². The van der Waals surface area contributed by atoms with Gasteiger partial charge in [0, 0.05) is 51.9 Å². The van der Waals surface area contributed by atoms with Gasteiger partial charge in [0.2, 0.25) is 53.2 Å². The first kappa shape index (κ1) is 60.3. The van der Waals surface area contributed by atoms with Gasteiger partial charge in [-0.1, -0.05) is 56.3 Å². The lowest BCUT2D eigenvalue weighted by Gasteiger charge is -2.29. The van der Waals surface area contributed by atoms with Gasteiger partial charge in [-0.2, -0.15) is 0 Å². The van der Waals surface area contributed by atoms with Crippen molar-refractivity contribution in [2.45, 2.75) is 114 Å². The molecule has 1 saturated heterocycles. The number of aliphatic hydroxyl groups is 1. The van der Waals surface area contributed by atoms with Crippen LogP contribution in [0.5, 0.6) is 5.75 Å². The lowest BCUT2D eigenvalue weighted by atomic mass is 10.0. The summed E-state index contributed by atoms with van der Waals surface area (Å²) in [7, 11) is 0. The van der Waals surface area contributed by atoms with Gasteiger partial charge in [-0.05, 0) is 67.7 Å². The van der Waals surface area contributed by atoms with Crippen LogP contribution in [0.3, 0.4) is 0 Å². The Morgan fingerprint density at radius 3 is 1.82 bits per heavy atom. The predicted octanol–water partition coefficient (Wildman–Crippen LogP) is -4.15. The number of primary amides is 1. The van der Waals surface area contributed by atoms with Gasteiger partial charge in [0.15, 0.2) is 11.9 Å². The van der Waals surface area contributed by atoms with E-state index in [1.165, 1.54) is 24.3 Å². The maximum absolute atomic E-state index is 14.4. The number of phenols is 1. The van der Waals surface area contributed by atoms with Crippen LogP contribution in [0.4, 0.5) is 0 Å². The molecule has 6 atom stereocenters. The Kier molecular flexibility index (Phi) is 25.6. The number of aliphatic imine (C=N–C) groups is 2. The summed E-state index contributed by atoms with van der Waals surface area (Å²) in [6, 6.07) is 6.06. The van der Waals surface area contributed by atoms with Crippen LogP contribution in [-0.4, -0.2) is 156 Å². The van der Waals surface area contributed by atoms with E-state index in [-0.39, 0.29) is 114 Å². The minimum absolute atomic E-state index is 0.0127. The number of carbonyl (C=O) groups excluding carboxylic acids is 9. The average Bonchev–Trinajstić information content (AvgIpc) is 3.34. The number of amides is 9. The molecule has 26 nitrogen and oxygen atoms in total. The SMILES string of the molecule is CC(C)C[C@H](NC(=O)[C@H](CCCN=C(N)N)NC(=O)CN1CCNC(=O)CCCC(=O)N[C@@H](CCCN=C(N)N)C(=O)N[C@@H](Cc2ccc(O)cc2)C(=O)N[C@@H](Cc2ccccc2)C(=O)N[C@@H](CO)C1=O)C(N)=O. The van der Waals surface area contributed by atoms with Crippen LogP contribution in [0, 0.1) is 5.92 Å². The number of rotatable bonds is 21. The van der Waals surface area contributed by atoms with Crippen LogP contribution in [0.2, 0.25) is 0 Å². The van der Waals surface area contributed by atoms with Crippen molar-refractivity contribution in [2.75, 3.05) is 39.3 Å². The molecule has 0 aromatic heterocycles. The summed E-state index contributed by atoms with van der Waals surface area (Å²) in [6.45, 7) is 1.39. The van der Waals surface area contributed by atoms with Gasteiger partial charge in [0.05, 0.1) is 13.2 Å². The maximum atomic E-state index is 14.4. The number of nitrogens with one attached hydrogen (secondary N) is 7. The highest BCUT2D eigenvalue weighted by atomic mass is 16.3. The summed E-state index contributed by atoms with van der Waals surface area (Å²) in [5.74, 6) is -7.72. The van der Waals surface area contributed by atoms with Crippen molar-refractivity contribution in [1.82, 2.24) is 42.1 Å². The molecule has 19 N–H and O–H groups in total. The van der Waals surface area contributed by atoms with Gasteiger partial charge >= 0.3 is 0 Å². The minimum atomic E-state index is -1.74. The Bertz CT molecular complexity index is 2270. The van der Waals surface area contributed by atoms with E-state index in [1.54, 1.807) is 30.3 Å². The Morgan fingerprint density at radius 1 is 0.703 bits per heavy atom. The Hall–Kier alpha value is -8.03. The molecular weight excluding hydrogens is 963 g/mol. The second-order valence-corrected chi connectivity index (χ2v) is 18.1. The molecule has 1 fully saturated rings. The van der Waals surface area contributed by atoms with E-state index in [0.717, 1.165) is 4.90 Å². The lowest BCUT2D eigenvalue weighted by Crippen LogP contribution is -2.60. The smallest absolute Gasteiger partial charge is 0.248 e. The van der Waals surface area contributed by atoms with Crippen molar-refractivity contribution in [3.05, 3.63) is 65.7 Å². The average molecular weight is 1040 g/mol. The van der Waals surface area contributed by atoms with Crippen LogP contribution in [0.25, 0.3) is 0 Å². The molecule has 406 valence electrons. The largest absolute Gasteiger partial charge is 0.508 e. The topological polar surface area (TPSA) is 436 Å². The van der Waals surface area contributed by atoms with Crippen molar-refractivity contribution >= 4 is 65.1 Å². The maximum Gasteiger partial charge on any atom is 0.248 e. The van der Waals surface area contributed by atoms with Gasteiger partial charge < -0.3 is 81.0 Å². The first-order chi connectivity index (χ1) is 35.1. The standard InChI is InChI=1S/C48H73N15O11/c1-28(2)23-34(41(49)69)59-42(70)33(12-8-20-56-48(52)53)58-40(68)26-63-22-21-54-38(66)13-6-14-39(67)57-32(11-7-19-55-47(50)51)43(71)60-36(25-30-15-17-31(65)18-16-30)44(72)61-35(24-29-9-4-3-5-10-29)45(73)62-37(27-64)46(63)74/h3-5,9-10,15-18,28,32-37,64-65H,6-8,11-14,19-27H2,1-2H3,(H2,49,69)(H,54,66)(H,57,67)(H,58,68)(H,59,70)(H,60,71)(H,61,72)(H,62,73)(H4,50,51,55)(H4,52,53,56)/t32-,33-,34-,35-,36-,37-/m0/s1. The molecule has 1 aliphatic rings. The third-order valence-corrected chi connectivity index (χ3v) is 11.4. The second kappa shape index (κ2) is 31.4. The van der Waals surface area contributed by atoms with Gasteiger partial charge in [0.1, 0.15) is 42.0 Å². The number of hydrogen-bond donors (Lipinski definition) is 14. The van der Waals surface area contributed by atoms with Gasteiger partial charge in [-0.3, -0.25) is 53.1 Å². The Labute approximate surface area is 429 Å². The number of nitrogens with two attached hydrogens (primary N) is 5. The zero-order valence-electron chi connectivity index (χ0n) is 41.8. The highest BCUT2D eigenvalue weighted by Crippen LogP contribution is 2.14. The number of aliphatic hydroxyl groups excluding tert-OH is 1. The third kappa shape index (κ3) is 22.6. The van der Waals surface area contributed by atoms with E-state index in [4.69, 9.17) is 28.7 Å². The highest BCUT2D eigenvalue weighted by molar-refractivity contribution is 5.97. The molecule has 0 bridgehead atoms. The number of phenolic OH excluding ortho intramolecular Hbond substituents is 1. The van der Waals surface area contributed by atoms with Gasteiger partial charge in [-0.15, -0.1) is 0 Å². The summed E-state index contributed by atoms with van der Waals surface area (Å²) in [5, 5.41) is 38.9. The van der Waals surface area contributed by atoms with Crippen LogP contribution in [0.15, 0.2) is 64.6 Å². The zero-order chi connectivity index (χ0) is 54.7. The van der Waals surface area contributed by atoms with Gasteiger partial charge in [0.25, 0.3) is 0 Å². The van der Waals surface area contributed by atoms with E-state index in [2.05, 4.69) is 47.2 Å². The molecule has 74 heavy (non-hydrogen) atoms. The Morgan fingerprint density at radius 2 is 1.26 bits per heavy atom. The molecule has 0 aliphatic carbocycles. The summed E-state index contributed by atoms with van der Waals surface area (Å²) in [6.07, 6.45) is -0.119. The highest BCUT2D eigenvalue weighted by Gasteiger charge is 2.34. The molecule has 2 aromatic rings. The van der Waals surface area contributed by atoms with Crippen molar-refractivity contribution in [3.8, 4) is 5.75 Å². The minimum Gasteiger partial charge on any atom is -0.508 e. The van der Waals surface area contributed by atoms with E-state index in [9.17, 15) is 53.4 Å². The number of nitrogens with zero attached hydrogens (tertiary/aromatic N) is 3. The van der Waals surface area contributed by atoms with Crippen molar-refractivity contribution < 1.29 is 53.4 Å². The zero-order valence-corrected chi connectivity index (χ0v) is 41.8. The molecule has 0 radical (unpaired) electrons. The fraction of sp³-hybridized carbons (Fsp3) is 0.521. The molecular formula is C48H73N15O11. The molecule has 0 spiro atoms. The normalized spacial score (nSPS) is 19.4. The molecule has 1 heterocycles. The van der Waals surface area contributed by atoms with Crippen molar-refractivity contribution in [3.63, 3.8) is 0 Å².